The average molecular weight is 493 g/mol. The Kier molecular flexibility index (Phi) is 8.06. The van der Waals surface area contributed by atoms with Crippen LogP contribution in [0.5, 0.6) is 17.6 Å². The molecule has 3 atom stereocenters. The summed E-state index contributed by atoms with van der Waals surface area (Å²) in [5.74, 6) is -1.57. The van der Waals surface area contributed by atoms with Crippen LogP contribution >= 0.6 is 23.2 Å². The number of nitrogens with one attached hydrogen (secondary N) is 1. The van der Waals surface area contributed by atoms with Crippen LogP contribution in [-0.2, 0) is 14.3 Å². The summed E-state index contributed by atoms with van der Waals surface area (Å²) in [6.45, 7) is 1.60. The molecule has 0 aliphatic carbocycles. The minimum absolute atomic E-state index is 0.00984. The molecule has 2 heterocycles. The van der Waals surface area contributed by atoms with E-state index in [2.05, 4.69) is 15.3 Å². The molecule has 2 aromatic heterocycles. The second-order valence-electron chi connectivity index (χ2n) is 6.72. The lowest BCUT2D eigenvalue weighted by Crippen LogP contribution is -2.39. The third kappa shape index (κ3) is 6.10. The van der Waals surface area contributed by atoms with E-state index in [4.69, 9.17) is 41.8 Å². The summed E-state index contributed by atoms with van der Waals surface area (Å²) in [6, 6.07) is 8.04. The number of aldehydes is 1. The van der Waals surface area contributed by atoms with Gasteiger partial charge in [0.2, 0.25) is 5.91 Å². The first kappa shape index (κ1) is 24.3. The fraction of sp³-hybridized carbons (Fsp3) is 0.286. The molecule has 3 unspecified atom stereocenters. The summed E-state index contributed by atoms with van der Waals surface area (Å²) < 4.78 is 21.5. The van der Waals surface area contributed by atoms with Crippen LogP contribution in [0.4, 0.5) is 0 Å². The van der Waals surface area contributed by atoms with Crippen LogP contribution in [0.15, 0.2) is 34.9 Å². The van der Waals surface area contributed by atoms with E-state index in [1.165, 1.54) is 19.2 Å². The highest BCUT2D eigenvalue weighted by Crippen LogP contribution is 2.39. The van der Waals surface area contributed by atoms with Crippen LogP contribution in [0, 0.1) is 17.2 Å². The third-order valence-corrected chi connectivity index (χ3v) is 4.95. The molecule has 0 bridgehead atoms. The number of hydrogen-bond acceptors (Lipinski definition) is 9. The van der Waals surface area contributed by atoms with Gasteiger partial charge in [-0.1, -0.05) is 23.2 Å². The number of nitriles is 1. The third-order valence-electron chi connectivity index (χ3n) is 4.38. The van der Waals surface area contributed by atoms with Crippen molar-refractivity contribution in [1.29, 1.82) is 5.26 Å². The molecule has 0 radical (unpaired) electrons. The van der Waals surface area contributed by atoms with Crippen molar-refractivity contribution in [2.24, 2.45) is 5.92 Å². The number of nitrogens with zero attached hydrogens (tertiary/aromatic N) is 3. The van der Waals surface area contributed by atoms with Gasteiger partial charge in [-0.2, -0.15) is 10.2 Å². The number of carbonyl (C=O) groups is 2. The van der Waals surface area contributed by atoms with Gasteiger partial charge in [0, 0.05) is 31.9 Å². The molecule has 12 heteroatoms. The Morgan fingerprint density at radius 1 is 1.36 bits per heavy atom. The van der Waals surface area contributed by atoms with Gasteiger partial charge in [0.15, 0.2) is 18.1 Å². The van der Waals surface area contributed by atoms with Crippen molar-refractivity contribution in [3.8, 4) is 23.6 Å². The lowest BCUT2D eigenvalue weighted by molar-refractivity contribution is -0.127. The van der Waals surface area contributed by atoms with Gasteiger partial charge in [0.05, 0.1) is 16.1 Å². The molecule has 172 valence electrons. The number of amides is 1. The molecule has 0 saturated carbocycles. The maximum atomic E-state index is 12.2. The van der Waals surface area contributed by atoms with E-state index in [9.17, 15) is 14.9 Å². The molecule has 10 nitrogen and oxygen atoms in total. The van der Waals surface area contributed by atoms with Crippen LogP contribution in [-0.4, -0.2) is 41.6 Å². The highest BCUT2D eigenvalue weighted by Gasteiger charge is 2.26. The minimum Gasteiger partial charge on any atom is -0.480 e. The van der Waals surface area contributed by atoms with E-state index in [1.54, 1.807) is 25.3 Å². The SMILES string of the molecule is COC(C)NC(=O)C(C#N)CC(C=O)Oc1c(Cl)cc(Oc2nc3cccnc3o2)cc1Cl. The van der Waals surface area contributed by atoms with Gasteiger partial charge in [-0.3, -0.25) is 9.59 Å². The molecule has 33 heavy (non-hydrogen) atoms. The average Bonchev–Trinajstić information content (AvgIpc) is 3.20. The molecular formula is C21H18Cl2N4O6. The second-order valence-corrected chi connectivity index (χ2v) is 7.54. The summed E-state index contributed by atoms with van der Waals surface area (Å²) in [7, 11) is 1.40. The number of aromatic nitrogens is 2. The molecule has 3 aromatic rings. The van der Waals surface area contributed by atoms with Gasteiger partial charge in [-0.25, -0.2) is 4.98 Å². The molecule has 0 aliphatic rings. The van der Waals surface area contributed by atoms with E-state index in [0.29, 0.717) is 17.5 Å². The van der Waals surface area contributed by atoms with E-state index in [-0.39, 0.29) is 34.0 Å². The van der Waals surface area contributed by atoms with Gasteiger partial charge in [0.1, 0.15) is 23.4 Å². The highest BCUT2D eigenvalue weighted by molar-refractivity contribution is 6.37. The minimum atomic E-state index is -1.16. The number of halogens is 2. The highest BCUT2D eigenvalue weighted by atomic mass is 35.5. The second kappa shape index (κ2) is 11.0. The quantitative estimate of drug-likeness (QED) is 0.329. The summed E-state index contributed by atoms with van der Waals surface area (Å²) in [5.41, 5.74) is 0.809. The predicted molar refractivity (Wildman–Crippen MR) is 117 cm³/mol. The monoisotopic (exact) mass is 492 g/mol. The number of hydrogen-bond donors (Lipinski definition) is 1. The Morgan fingerprint density at radius 3 is 2.70 bits per heavy atom. The van der Waals surface area contributed by atoms with Crippen molar-refractivity contribution in [2.45, 2.75) is 25.7 Å². The summed E-state index contributed by atoms with van der Waals surface area (Å²) in [4.78, 5) is 31.9. The summed E-state index contributed by atoms with van der Waals surface area (Å²) in [6.07, 6.45) is -0.0359. The number of rotatable bonds is 10. The normalized spacial score (nSPS) is 13.5. The van der Waals surface area contributed by atoms with Crippen LogP contribution in [0.3, 0.4) is 0 Å². The topological polar surface area (TPSA) is 137 Å². The Hall–Kier alpha value is -3.39. The van der Waals surface area contributed by atoms with Crippen molar-refractivity contribution in [3.05, 3.63) is 40.5 Å². The first-order valence-corrected chi connectivity index (χ1v) is 10.3. The molecule has 0 fully saturated rings. The molecular weight excluding hydrogens is 475 g/mol. The molecule has 3 rings (SSSR count). The Labute approximate surface area is 198 Å². The number of fused-ring (bicyclic) bond motifs is 1. The van der Waals surface area contributed by atoms with E-state index in [1.807, 2.05) is 6.07 Å². The van der Waals surface area contributed by atoms with Gasteiger partial charge in [0.25, 0.3) is 5.71 Å². The summed E-state index contributed by atoms with van der Waals surface area (Å²) >= 11 is 12.5. The zero-order valence-electron chi connectivity index (χ0n) is 17.5. The standard InChI is InChI=1S/C21H18Cl2N4O6/c1-11(30-2)26-19(29)12(9-24)6-14(10-28)31-18-15(22)7-13(8-16(18)23)32-21-27-17-4-3-5-25-20(17)33-21/h3-5,7-8,10-12,14H,6H2,1-2H3,(H,26,29). The fourth-order valence-electron chi connectivity index (χ4n) is 2.70. The molecule has 0 spiro atoms. The largest absolute Gasteiger partial charge is 0.480 e. The number of benzene rings is 1. The smallest absolute Gasteiger partial charge is 0.401 e. The van der Waals surface area contributed by atoms with Crippen LogP contribution in [0.2, 0.25) is 10.0 Å². The van der Waals surface area contributed by atoms with E-state index < -0.39 is 24.2 Å². The molecule has 1 N–H and O–H groups in total. The Morgan fingerprint density at radius 2 is 2.09 bits per heavy atom. The zero-order chi connectivity index (χ0) is 24.0. The lowest BCUT2D eigenvalue weighted by Gasteiger charge is -2.19. The predicted octanol–water partition coefficient (Wildman–Crippen LogP) is 3.91. The van der Waals surface area contributed by atoms with Gasteiger partial charge in [-0.15, -0.1) is 0 Å². The van der Waals surface area contributed by atoms with Crippen molar-refractivity contribution in [1.82, 2.24) is 15.3 Å². The molecule has 0 aliphatic heterocycles. The van der Waals surface area contributed by atoms with Crippen LogP contribution in [0.25, 0.3) is 11.2 Å². The van der Waals surface area contributed by atoms with Crippen LogP contribution in [0.1, 0.15) is 13.3 Å². The number of carbonyl (C=O) groups excluding carboxylic acids is 2. The van der Waals surface area contributed by atoms with Crippen LogP contribution < -0.4 is 14.8 Å². The van der Waals surface area contributed by atoms with Crippen molar-refractivity contribution in [3.63, 3.8) is 0 Å². The van der Waals surface area contributed by atoms with Crippen molar-refractivity contribution >= 4 is 46.6 Å². The first-order chi connectivity index (χ1) is 15.8. The number of ether oxygens (including phenoxy) is 3. The van der Waals surface area contributed by atoms with Crippen molar-refractivity contribution < 1.29 is 28.2 Å². The lowest BCUT2D eigenvalue weighted by atomic mass is 10.0. The van der Waals surface area contributed by atoms with Gasteiger partial charge in [-0.05, 0) is 19.1 Å². The number of pyridine rings is 1. The zero-order valence-corrected chi connectivity index (χ0v) is 19.0. The molecule has 1 amide bonds. The Balaban J connectivity index is 1.72. The first-order valence-electron chi connectivity index (χ1n) is 9.57. The Bertz CT molecular complexity index is 1140. The molecule has 0 saturated heterocycles. The van der Waals surface area contributed by atoms with Gasteiger partial charge < -0.3 is 23.9 Å². The van der Waals surface area contributed by atoms with E-state index >= 15 is 0 Å². The molecule has 1 aromatic carbocycles. The summed E-state index contributed by atoms with van der Waals surface area (Å²) in [5, 5.41) is 11.9. The van der Waals surface area contributed by atoms with E-state index in [0.717, 1.165) is 0 Å². The maximum absolute atomic E-state index is 12.2. The van der Waals surface area contributed by atoms with Gasteiger partial charge >= 0.3 is 6.08 Å². The number of methoxy groups -OCH3 is 1. The fourth-order valence-corrected chi connectivity index (χ4v) is 3.25. The van der Waals surface area contributed by atoms with Crippen molar-refractivity contribution in [2.75, 3.05) is 7.11 Å². The number of oxazole rings is 1. The maximum Gasteiger partial charge on any atom is 0.401 e.